The summed E-state index contributed by atoms with van der Waals surface area (Å²) in [5.41, 5.74) is 0.780. The Balaban J connectivity index is 1.95. The minimum atomic E-state index is 0.188. The van der Waals surface area contributed by atoms with Crippen molar-refractivity contribution in [2.45, 2.75) is 52.1 Å². The minimum absolute atomic E-state index is 0.188. The average molecular weight is 246 g/mol. The van der Waals surface area contributed by atoms with Gasteiger partial charge in [0.05, 0.1) is 6.10 Å². The predicted octanol–water partition coefficient (Wildman–Crippen LogP) is 4.24. The third-order valence-electron chi connectivity index (χ3n) is 3.69. The zero-order valence-electron chi connectivity index (χ0n) is 11.3. The van der Waals surface area contributed by atoms with E-state index in [-0.39, 0.29) is 5.78 Å². The van der Waals surface area contributed by atoms with Gasteiger partial charge in [-0.3, -0.25) is 4.79 Å². The van der Waals surface area contributed by atoms with E-state index in [1.165, 1.54) is 12.8 Å². The Morgan fingerprint density at radius 2 is 2.00 bits per heavy atom. The molecule has 0 bridgehead atoms. The molecular weight excluding hydrogens is 224 g/mol. The number of hydrogen-bond donors (Lipinski definition) is 0. The summed E-state index contributed by atoms with van der Waals surface area (Å²) in [7, 11) is 0. The van der Waals surface area contributed by atoms with Crippen LogP contribution in [0.1, 0.15) is 56.3 Å². The molecule has 0 heterocycles. The standard InChI is InChI=1S/C16H22O2/c1-3-16(17)13-7-9-14(10-8-13)18-15-6-4-5-12(2)11-15/h7-10,12,15H,3-6,11H2,1-2H3. The molecule has 1 saturated carbocycles. The molecule has 0 amide bonds. The van der Waals surface area contributed by atoms with Crippen LogP contribution in [-0.4, -0.2) is 11.9 Å². The fourth-order valence-electron chi connectivity index (χ4n) is 2.60. The molecule has 0 saturated heterocycles. The summed E-state index contributed by atoms with van der Waals surface area (Å²) in [5.74, 6) is 1.85. The van der Waals surface area contributed by atoms with E-state index in [2.05, 4.69) is 6.92 Å². The predicted molar refractivity (Wildman–Crippen MR) is 73.1 cm³/mol. The molecule has 1 aromatic rings. The normalized spacial score (nSPS) is 23.7. The molecule has 0 N–H and O–H groups in total. The van der Waals surface area contributed by atoms with Crippen molar-refractivity contribution >= 4 is 5.78 Å². The van der Waals surface area contributed by atoms with E-state index in [0.717, 1.165) is 30.1 Å². The molecule has 98 valence electrons. The van der Waals surface area contributed by atoms with Gasteiger partial charge >= 0.3 is 0 Å². The van der Waals surface area contributed by atoms with Gasteiger partial charge in [-0.2, -0.15) is 0 Å². The second-order valence-corrected chi connectivity index (χ2v) is 5.31. The first-order valence-electron chi connectivity index (χ1n) is 6.99. The topological polar surface area (TPSA) is 26.3 Å². The number of Topliss-reactive ketones (excluding diaryl/α,β-unsaturated/α-hetero) is 1. The molecule has 18 heavy (non-hydrogen) atoms. The molecule has 2 rings (SSSR count). The van der Waals surface area contributed by atoms with Crippen LogP contribution in [0.4, 0.5) is 0 Å². The van der Waals surface area contributed by atoms with Gasteiger partial charge in [0.1, 0.15) is 5.75 Å². The summed E-state index contributed by atoms with van der Waals surface area (Å²) >= 11 is 0. The molecule has 2 atom stereocenters. The van der Waals surface area contributed by atoms with Crippen LogP contribution < -0.4 is 4.74 Å². The number of ether oxygens (including phenoxy) is 1. The number of rotatable bonds is 4. The van der Waals surface area contributed by atoms with Gasteiger partial charge in [0, 0.05) is 12.0 Å². The molecule has 1 aliphatic rings. The lowest BCUT2D eigenvalue weighted by atomic mass is 9.89. The van der Waals surface area contributed by atoms with Gasteiger partial charge in [0.15, 0.2) is 5.78 Å². The van der Waals surface area contributed by atoms with Crippen molar-refractivity contribution < 1.29 is 9.53 Å². The van der Waals surface area contributed by atoms with Gasteiger partial charge in [0.25, 0.3) is 0 Å². The molecule has 1 aromatic carbocycles. The second-order valence-electron chi connectivity index (χ2n) is 5.31. The maximum Gasteiger partial charge on any atom is 0.162 e. The molecule has 0 spiro atoms. The Morgan fingerprint density at radius 1 is 1.28 bits per heavy atom. The van der Waals surface area contributed by atoms with E-state index < -0.39 is 0 Å². The van der Waals surface area contributed by atoms with Crippen molar-refractivity contribution in [2.24, 2.45) is 5.92 Å². The van der Waals surface area contributed by atoms with Crippen molar-refractivity contribution in [1.82, 2.24) is 0 Å². The lowest BCUT2D eigenvalue weighted by Crippen LogP contribution is -2.24. The van der Waals surface area contributed by atoms with E-state index in [1.54, 1.807) is 0 Å². The average Bonchev–Trinajstić information content (AvgIpc) is 2.39. The van der Waals surface area contributed by atoms with Gasteiger partial charge in [-0.05, 0) is 49.4 Å². The summed E-state index contributed by atoms with van der Waals surface area (Å²) < 4.78 is 5.98. The highest BCUT2D eigenvalue weighted by molar-refractivity contribution is 5.95. The van der Waals surface area contributed by atoms with Crippen LogP contribution >= 0.6 is 0 Å². The third-order valence-corrected chi connectivity index (χ3v) is 3.69. The minimum Gasteiger partial charge on any atom is -0.490 e. The highest BCUT2D eigenvalue weighted by atomic mass is 16.5. The third kappa shape index (κ3) is 3.34. The first-order valence-corrected chi connectivity index (χ1v) is 6.99. The van der Waals surface area contributed by atoms with E-state index >= 15 is 0 Å². The Bertz CT molecular complexity index is 394. The summed E-state index contributed by atoms with van der Waals surface area (Å²) in [6.45, 7) is 4.18. The lowest BCUT2D eigenvalue weighted by Gasteiger charge is -2.27. The van der Waals surface area contributed by atoms with Gasteiger partial charge in [-0.1, -0.05) is 20.3 Å². The first kappa shape index (κ1) is 13.1. The molecule has 0 aliphatic heterocycles. The summed E-state index contributed by atoms with van der Waals surface area (Å²) in [6.07, 6.45) is 5.79. The summed E-state index contributed by atoms with van der Waals surface area (Å²) in [5, 5.41) is 0. The molecule has 2 nitrogen and oxygen atoms in total. The van der Waals surface area contributed by atoms with Crippen LogP contribution in [0.25, 0.3) is 0 Å². The molecule has 0 radical (unpaired) electrons. The molecule has 2 unspecified atom stereocenters. The van der Waals surface area contributed by atoms with Crippen LogP contribution in [0, 0.1) is 5.92 Å². The van der Waals surface area contributed by atoms with Gasteiger partial charge in [-0.15, -0.1) is 0 Å². The molecule has 1 aliphatic carbocycles. The van der Waals surface area contributed by atoms with Crippen LogP contribution in [0.2, 0.25) is 0 Å². The van der Waals surface area contributed by atoms with Crippen LogP contribution in [0.5, 0.6) is 5.75 Å². The highest BCUT2D eigenvalue weighted by Crippen LogP contribution is 2.27. The largest absolute Gasteiger partial charge is 0.490 e. The number of ketones is 1. The summed E-state index contributed by atoms with van der Waals surface area (Å²) in [4.78, 5) is 11.5. The van der Waals surface area contributed by atoms with E-state index in [0.29, 0.717) is 12.5 Å². The van der Waals surface area contributed by atoms with Gasteiger partial charge < -0.3 is 4.74 Å². The monoisotopic (exact) mass is 246 g/mol. The van der Waals surface area contributed by atoms with E-state index in [9.17, 15) is 4.79 Å². The van der Waals surface area contributed by atoms with Gasteiger partial charge in [0.2, 0.25) is 0 Å². The molecule has 2 heteroatoms. The van der Waals surface area contributed by atoms with E-state index in [1.807, 2.05) is 31.2 Å². The number of benzene rings is 1. The van der Waals surface area contributed by atoms with E-state index in [4.69, 9.17) is 4.74 Å². The summed E-state index contributed by atoms with van der Waals surface area (Å²) in [6, 6.07) is 7.57. The second kappa shape index (κ2) is 6.03. The number of carbonyl (C=O) groups excluding carboxylic acids is 1. The Labute approximate surface area is 109 Å². The zero-order valence-corrected chi connectivity index (χ0v) is 11.3. The number of carbonyl (C=O) groups is 1. The van der Waals surface area contributed by atoms with Crippen molar-refractivity contribution in [3.05, 3.63) is 29.8 Å². The zero-order chi connectivity index (χ0) is 13.0. The quantitative estimate of drug-likeness (QED) is 0.743. The lowest BCUT2D eigenvalue weighted by molar-refractivity contribution is 0.0988. The first-order chi connectivity index (χ1) is 8.69. The van der Waals surface area contributed by atoms with Crippen LogP contribution in [0.15, 0.2) is 24.3 Å². The Morgan fingerprint density at radius 3 is 2.61 bits per heavy atom. The maximum absolute atomic E-state index is 11.5. The van der Waals surface area contributed by atoms with Crippen molar-refractivity contribution in [1.29, 1.82) is 0 Å². The fraction of sp³-hybridized carbons (Fsp3) is 0.562. The highest BCUT2D eigenvalue weighted by Gasteiger charge is 2.20. The van der Waals surface area contributed by atoms with Gasteiger partial charge in [-0.25, -0.2) is 0 Å². The Kier molecular flexibility index (Phi) is 4.40. The maximum atomic E-state index is 11.5. The van der Waals surface area contributed by atoms with Crippen molar-refractivity contribution in [3.63, 3.8) is 0 Å². The van der Waals surface area contributed by atoms with Crippen molar-refractivity contribution in [3.8, 4) is 5.75 Å². The fourth-order valence-corrected chi connectivity index (χ4v) is 2.60. The smallest absolute Gasteiger partial charge is 0.162 e. The SMILES string of the molecule is CCC(=O)c1ccc(OC2CCCC(C)C2)cc1. The van der Waals surface area contributed by atoms with Crippen molar-refractivity contribution in [2.75, 3.05) is 0 Å². The molecule has 0 aromatic heterocycles. The Hall–Kier alpha value is -1.31. The molecule has 1 fully saturated rings. The van der Waals surface area contributed by atoms with Crippen LogP contribution in [0.3, 0.4) is 0 Å². The van der Waals surface area contributed by atoms with Crippen LogP contribution in [-0.2, 0) is 0 Å². The molecular formula is C16H22O2. The number of hydrogen-bond acceptors (Lipinski definition) is 2.